The minimum Gasteiger partial charge on any atom is -0.345 e. The lowest BCUT2D eigenvalue weighted by atomic mass is 9.88. The van der Waals surface area contributed by atoms with Crippen LogP contribution in [0.25, 0.3) is 0 Å². The van der Waals surface area contributed by atoms with Gasteiger partial charge in [-0.3, -0.25) is 4.79 Å². The first kappa shape index (κ1) is 14.5. The first-order chi connectivity index (χ1) is 10.2. The molecule has 4 heteroatoms. The van der Waals surface area contributed by atoms with Gasteiger partial charge in [-0.1, -0.05) is 25.0 Å². The molecule has 0 unspecified atom stereocenters. The molecule has 0 atom stereocenters. The SMILES string of the molecule is O=C(CNCC1CC1)NC1(c2ccc(F)cc2)CCCC1. The summed E-state index contributed by atoms with van der Waals surface area (Å²) in [5, 5.41) is 6.43. The van der Waals surface area contributed by atoms with Crippen LogP contribution < -0.4 is 10.6 Å². The summed E-state index contributed by atoms with van der Waals surface area (Å²) in [7, 11) is 0. The normalized spacial score (nSPS) is 20.4. The largest absolute Gasteiger partial charge is 0.345 e. The molecule has 0 aromatic heterocycles. The molecular weight excluding hydrogens is 267 g/mol. The van der Waals surface area contributed by atoms with Gasteiger partial charge in [-0.05, 0) is 55.8 Å². The van der Waals surface area contributed by atoms with Crippen molar-refractivity contribution < 1.29 is 9.18 Å². The Bertz CT molecular complexity index is 490. The fourth-order valence-electron chi connectivity index (χ4n) is 3.26. The van der Waals surface area contributed by atoms with Crippen LogP contribution in [-0.2, 0) is 10.3 Å². The van der Waals surface area contributed by atoms with Crippen LogP contribution >= 0.6 is 0 Å². The van der Waals surface area contributed by atoms with Crippen LogP contribution in [0.15, 0.2) is 24.3 Å². The zero-order valence-corrected chi connectivity index (χ0v) is 12.3. The van der Waals surface area contributed by atoms with Crippen LogP contribution in [0, 0.1) is 11.7 Å². The van der Waals surface area contributed by atoms with E-state index in [1.165, 1.54) is 25.0 Å². The standard InChI is InChI=1S/C17H23FN2O/c18-15-7-5-14(6-8-15)17(9-1-2-10-17)20-16(21)12-19-11-13-3-4-13/h5-8,13,19H,1-4,9-12H2,(H,20,21). The van der Waals surface area contributed by atoms with E-state index in [-0.39, 0.29) is 17.3 Å². The molecule has 114 valence electrons. The van der Waals surface area contributed by atoms with E-state index in [2.05, 4.69) is 10.6 Å². The van der Waals surface area contributed by atoms with Crippen molar-refractivity contribution >= 4 is 5.91 Å². The number of carbonyl (C=O) groups excluding carboxylic acids is 1. The van der Waals surface area contributed by atoms with Crippen molar-refractivity contribution in [2.24, 2.45) is 5.92 Å². The van der Waals surface area contributed by atoms with E-state index in [1.54, 1.807) is 12.1 Å². The molecule has 2 aliphatic carbocycles. The van der Waals surface area contributed by atoms with Crippen LogP contribution in [0.3, 0.4) is 0 Å². The number of rotatable bonds is 6. The highest BCUT2D eigenvalue weighted by Crippen LogP contribution is 2.38. The van der Waals surface area contributed by atoms with Crippen molar-refractivity contribution in [1.82, 2.24) is 10.6 Å². The third-order valence-corrected chi connectivity index (χ3v) is 4.65. The summed E-state index contributed by atoms with van der Waals surface area (Å²) in [6.07, 6.45) is 6.66. The summed E-state index contributed by atoms with van der Waals surface area (Å²) in [5.41, 5.74) is 0.725. The summed E-state index contributed by atoms with van der Waals surface area (Å²) in [5.74, 6) is 0.585. The van der Waals surface area contributed by atoms with Gasteiger partial charge in [-0.2, -0.15) is 0 Å². The van der Waals surface area contributed by atoms with E-state index in [4.69, 9.17) is 0 Å². The number of amides is 1. The van der Waals surface area contributed by atoms with E-state index in [0.717, 1.165) is 43.7 Å². The third kappa shape index (κ3) is 3.62. The number of benzene rings is 1. The maximum Gasteiger partial charge on any atom is 0.234 e. The highest BCUT2D eigenvalue weighted by molar-refractivity contribution is 5.79. The summed E-state index contributed by atoms with van der Waals surface area (Å²) < 4.78 is 13.1. The van der Waals surface area contributed by atoms with Crippen LogP contribution in [0.1, 0.15) is 44.1 Å². The summed E-state index contributed by atoms with van der Waals surface area (Å²) in [4.78, 5) is 12.2. The first-order valence-corrected chi connectivity index (χ1v) is 7.96. The van der Waals surface area contributed by atoms with Crippen molar-refractivity contribution in [3.63, 3.8) is 0 Å². The van der Waals surface area contributed by atoms with Gasteiger partial charge < -0.3 is 10.6 Å². The molecule has 0 heterocycles. The molecule has 1 aromatic carbocycles. The van der Waals surface area contributed by atoms with Gasteiger partial charge in [0.15, 0.2) is 0 Å². The monoisotopic (exact) mass is 290 g/mol. The lowest BCUT2D eigenvalue weighted by Gasteiger charge is -2.31. The lowest BCUT2D eigenvalue weighted by molar-refractivity contribution is -0.122. The van der Waals surface area contributed by atoms with Gasteiger partial charge in [0, 0.05) is 0 Å². The maximum atomic E-state index is 13.1. The van der Waals surface area contributed by atoms with E-state index >= 15 is 0 Å². The molecule has 1 aromatic rings. The van der Waals surface area contributed by atoms with Crippen LogP contribution in [0.2, 0.25) is 0 Å². The zero-order valence-electron chi connectivity index (χ0n) is 12.3. The van der Waals surface area contributed by atoms with Crippen molar-refractivity contribution in [3.8, 4) is 0 Å². The predicted octanol–water partition coefficient (Wildman–Crippen LogP) is 2.71. The fourth-order valence-corrected chi connectivity index (χ4v) is 3.26. The fraction of sp³-hybridized carbons (Fsp3) is 0.588. The number of hydrogen-bond acceptors (Lipinski definition) is 2. The molecule has 2 N–H and O–H groups in total. The Morgan fingerprint density at radius 3 is 2.48 bits per heavy atom. The van der Waals surface area contributed by atoms with Gasteiger partial charge in [0.2, 0.25) is 5.91 Å². The van der Waals surface area contributed by atoms with Crippen LogP contribution in [-0.4, -0.2) is 19.0 Å². The highest BCUT2D eigenvalue weighted by atomic mass is 19.1. The molecule has 3 rings (SSSR count). The molecule has 1 amide bonds. The Kier molecular flexibility index (Phi) is 4.24. The highest BCUT2D eigenvalue weighted by Gasteiger charge is 2.36. The third-order valence-electron chi connectivity index (χ3n) is 4.65. The average Bonchev–Trinajstić information content (AvgIpc) is 3.17. The Morgan fingerprint density at radius 2 is 1.86 bits per heavy atom. The van der Waals surface area contributed by atoms with E-state index < -0.39 is 0 Å². The minimum absolute atomic E-state index is 0.0434. The number of carbonyl (C=O) groups is 1. The molecule has 0 saturated heterocycles. The topological polar surface area (TPSA) is 41.1 Å². The van der Waals surface area contributed by atoms with Crippen molar-refractivity contribution in [2.45, 2.75) is 44.1 Å². The molecule has 2 saturated carbocycles. The summed E-state index contributed by atoms with van der Waals surface area (Å²) in [6.45, 7) is 1.32. The predicted molar refractivity (Wildman–Crippen MR) is 80.3 cm³/mol. The van der Waals surface area contributed by atoms with E-state index in [1.807, 2.05) is 0 Å². The second-order valence-corrected chi connectivity index (χ2v) is 6.42. The van der Waals surface area contributed by atoms with Gasteiger partial charge in [0.05, 0.1) is 12.1 Å². The molecule has 2 fully saturated rings. The number of nitrogens with one attached hydrogen (secondary N) is 2. The Hall–Kier alpha value is -1.42. The molecule has 0 aliphatic heterocycles. The van der Waals surface area contributed by atoms with Crippen molar-refractivity contribution in [2.75, 3.05) is 13.1 Å². The quantitative estimate of drug-likeness (QED) is 0.846. The van der Waals surface area contributed by atoms with E-state index in [9.17, 15) is 9.18 Å². The zero-order chi connectivity index (χ0) is 14.7. The van der Waals surface area contributed by atoms with Crippen LogP contribution in [0.4, 0.5) is 4.39 Å². The Morgan fingerprint density at radius 1 is 1.19 bits per heavy atom. The second kappa shape index (κ2) is 6.14. The van der Waals surface area contributed by atoms with Gasteiger partial charge in [-0.15, -0.1) is 0 Å². The Labute approximate surface area is 125 Å². The second-order valence-electron chi connectivity index (χ2n) is 6.42. The molecule has 2 aliphatic rings. The minimum atomic E-state index is -0.300. The average molecular weight is 290 g/mol. The number of halogens is 1. The lowest BCUT2D eigenvalue weighted by Crippen LogP contribution is -2.47. The van der Waals surface area contributed by atoms with Gasteiger partial charge in [-0.25, -0.2) is 4.39 Å². The van der Waals surface area contributed by atoms with Gasteiger partial charge in [0.1, 0.15) is 5.82 Å². The summed E-state index contributed by atoms with van der Waals surface area (Å²) >= 11 is 0. The summed E-state index contributed by atoms with van der Waals surface area (Å²) in [6, 6.07) is 6.57. The number of hydrogen-bond donors (Lipinski definition) is 2. The molecule has 0 radical (unpaired) electrons. The van der Waals surface area contributed by atoms with Gasteiger partial charge >= 0.3 is 0 Å². The molecule has 0 bridgehead atoms. The smallest absolute Gasteiger partial charge is 0.234 e. The van der Waals surface area contributed by atoms with Crippen molar-refractivity contribution in [1.29, 1.82) is 0 Å². The molecule has 0 spiro atoms. The van der Waals surface area contributed by atoms with Gasteiger partial charge in [0.25, 0.3) is 0 Å². The first-order valence-electron chi connectivity index (χ1n) is 7.96. The molecule has 3 nitrogen and oxygen atoms in total. The Balaban J connectivity index is 1.62. The van der Waals surface area contributed by atoms with E-state index in [0.29, 0.717) is 6.54 Å². The molecular formula is C17H23FN2O. The van der Waals surface area contributed by atoms with Crippen molar-refractivity contribution in [3.05, 3.63) is 35.6 Å². The molecule has 21 heavy (non-hydrogen) atoms. The van der Waals surface area contributed by atoms with Crippen LogP contribution in [0.5, 0.6) is 0 Å². The maximum absolute atomic E-state index is 13.1.